The highest BCUT2D eigenvalue weighted by Crippen LogP contribution is 2.37. The summed E-state index contributed by atoms with van der Waals surface area (Å²) in [6.07, 6.45) is 4.17. The lowest BCUT2D eigenvalue weighted by Gasteiger charge is -2.26. The van der Waals surface area contributed by atoms with Crippen LogP contribution in [0.1, 0.15) is 50.6 Å². The summed E-state index contributed by atoms with van der Waals surface area (Å²) in [5.41, 5.74) is 1.05. The van der Waals surface area contributed by atoms with E-state index in [0.717, 1.165) is 42.8 Å². The van der Waals surface area contributed by atoms with E-state index in [-0.39, 0.29) is 12.0 Å². The van der Waals surface area contributed by atoms with Crippen molar-refractivity contribution in [2.45, 2.75) is 45.6 Å². The zero-order chi connectivity index (χ0) is 14.8. The molecule has 21 heavy (non-hydrogen) atoms. The Bertz CT molecular complexity index is 604. The highest BCUT2D eigenvalue weighted by molar-refractivity contribution is 7.18. The lowest BCUT2D eigenvalue weighted by molar-refractivity contribution is -0.136. The molecule has 3 rings (SSSR count). The van der Waals surface area contributed by atoms with Crippen LogP contribution in [0.25, 0.3) is 10.2 Å². The number of hydrogen-bond donors (Lipinski definition) is 0. The van der Waals surface area contributed by atoms with Gasteiger partial charge in [0.2, 0.25) is 5.91 Å². The second-order valence-corrected chi connectivity index (χ2v) is 6.96. The molecule has 0 spiro atoms. The first kappa shape index (κ1) is 14.5. The van der Waals surface area contributed by atoms with Gasteiger partial charge in [0, 0.05) is 12.5 Å². The molecule has 2 heterocycles. The average Bonchev–Trinajstić information content (AvgIpc) is 3.12. The third kappa shape index (κ3) is 2.82. The summed E-state index contributed by atoms with van der Waals surface area (Å²) in [5, 5.41) is 1.10. The second kappa shape index (κ2) is 6.14. The van der Waals surface area contributed by atoms with Crippen LogP contribution in [0, 0.1) is 5.92 Å². The Kier molecular flexibility index (Phi) is 4.24. The number of para-hydroxylation sites is 1. The SMILES string of the molecule is CCCC(C)C(=O)N1CCCC1c1nc2ccccc2s1. The summed E-state index contributed by atoms with van der Waals surface area (Å²) in [6, 6.07) is 8.42. The van der Waals surface area contributed by atoms with Gasteiger partial charge in [-0.3, -0.25) is 4.79 Å². The van der Waals surface area contributed by atoms with Gasteiger partial charge >= 0.3 is 0 Å². The lowest BCUT2D eigenvalue weighted by atomic mass is 10.0. The molecule has 1 aromatic heterocycles. The number of aromatic nitrogens is 1. The first-order valence-electron chi connectivity index (χ1n) is 7.86. The van der Waals surface area contributed by atoms with Gasteiger partial charge in [0.25, 0.3) is 0 Å². The number of fused-ring (bicyclic) bond motifs is 1. The average molecular weight is 302 g/mol. The Morgan fingerprint density at radius 3 is 3.05 bits per heavy atom. The molecule has 112 valence electrons. The van der Waals surface area contributed by atoms with E-state index in [2.05, 4.69) is 30.9 Å². The van der Waals surface area contributed by atoms with Crippen LogP contribution in [0.2, 0.25) is 0 Å². The van der Waals surface area contributed by atoms with Crippen molar-refractivity contribution in [3.63, 3.8) is 0 Å². The molecule has 2 aromatic rings. The van der Waals surface area contributed by atoms with E-state index in [1.54, 1.807) is 11.3 Å². The minimum Gasteiger partial charge on any atom is -0.333 e. The van der Waals surface area contributed by atoms with Crippen molar-refractivity contribution >= 4 is 27.5 Å². The van der Waals surface area contributed by atoms with Crippen LogP contribution in [0.15, 0.2) is 24.3 Å². The minimum atomic E-state index is 0.130. The zero-order valence-corrected chi connectivity index (χ0v) is 13.5. The molecular weight excluding hydrogens is 280 g/mol. The summed E-state index contributed by atoms with van der Waals surface area (Å²) >= 11 is 1.74. The molecule has 3 nitrogen and oxygen atoms in total. The predicted octanol–water partition coefficient (Wildman–Crippen LogP) is 4.40. The number of nitrogens with zero attached hydrogens (tertiary/aromatic N) is 2. The zero-order valence-electron chi connectivity index (χ0n) is 12.7. The topological polar surface area (TPSA) is 33.2 Å². The van der Waals surface area contributed by atoms with Gasteiger partial charge in [-0.2, -0.15) is 0 Å². The van der Waals surface area contributed by atoms with E-state index >= 15 is 0 Å². The molecule has 0 bridgehead atoms. The van der Waals surface area contributed by atoms with Crippen LogP contribution in [0.5, 0.6) is 0 Å². The van der Waals surface area contributed by atoms with Crippen LogP contribution in [-0.2, 0) is 4.79 Å². The fourth-order valence-corrected chi connectivity index (χ4v) is 4.27. The van der Waals surface area contributed by atoms with E-state index in [9.17, 15) is 4.79 Å². The van der Waals surface area contributed by atoms with Gasteiger partial charge in [0.15, 0.2) is 0 Å². The van der Waals surface area contributed by atoms with Crippen LogP contribution >= 0.6 is 11.3 Å². The fraction of sp³-hybridized carbons (Fsp3) is 0.529. The van der Waals surface area contributed by atoms with Crippen molar-refractivity contribution < 1.29 is 4.79 Å². The molecule has 1 fully saturated rings. The van der Waals surface area contributed by atoms with Gasteiger partial charge in [-0.25, -0.2) is 4.98 Å². The normalized spacial score (nSPS) is 20.1. The Labute approximate surface area is 130 Å². The molecule has 2 atom stereocenters. The fourth-order valence-electron chi connectivity index (χ4n) is 3.16. The van der Waals surface area contributed by atoms with Crippen LogP contribution < -0.4 is 0 Å². The van der Waals surface area contributed by atoms with Crippen molar-refractivity contribution in [2.24, 2.45) is 5.92 Å². The number of hydrogen-bond acceptors (Lipinski definition) is 3. The summed E-state index contributed by atoms with van der Waals surface area (Å²) < 4.78 is 1.22. The van der Waals surface area contributed by atoms with E-state index in [1.165, 1.54) is 4.70 Å². The molecule has 0 saturated carbocycles. The molecule has 1 saturated heterocycles. The van der Waals surface area contributed by atoms with Crippen molar-refractivity contribution in [3.05, 3.63) is 29.3 Å². The first-order valence-corrected chi connectivity index (χ1v) is 8.68. The van der Waals surface area contributed by atoms with E-state index < -0.39 is 0 Å². The van der Waals surface area contributed by atoms with Gasteiger partial charge in [-0.15, -0.1) is 11.3 Å². The molecule has 1 aliphatic rings. The molecule has 0 N–H and O–H groups in total. The number of carbonyl (C=O) groups excluding carboxylic acids is 1. The van der Waals surface area contributed by atoms with Crippen LogP contribution in [0.3, 0.4) is 0 Å². The molecule has 1 aromatic carbocycles. The van der Waals surface area contributed by atoms with Gasteiger partial charge in [-0.1, -0.05) is 32.4 Å². The standard InChI is InChI=1S/C17H22N2OS/c1-3-7-12(2)17(20)19-11-6-9-14(19)16-18-13-8-4-5-10-15(13)21-16/h4-5,8,10,12,14H,3,6-7,9,11H2,1-2H3. The van der Waals surface area contributed by atoms with Crippen LogP contribution in [-0.4, -0.2) is 22.3 Å². The van der Waals surface area contributed by atoms with E-state index in [4.69, 9.17) is 4.98 Å². The van der Waals surface area contributed by atoms with Gasteiger partial charge in [0.1, 0.15) is 5.01 Å². The summed E-state index contributed by atoms with van der Waals surface area (Å²) in [4.78, 5) is 19.5. The smallest absolute Gasteiger partial charge is 0.225 e. The third-order valence-corrected chi connectivity index (χ3v) is 5.41. The molecule has 1 amide bonds. The highest BCUT2D eigenvalue weighted by Gasteiger charge is 2.33. The number of amides is 1. The number of benzene rings is 1. The van der Waals surface area contributed by atoms with Gasteiger partial charge < -0.3 is 4.90 Å². The number of likely N-dealkylation sites (tertiary alicyclic amines) is 1. The predicted molar refractivity (Wildman–Crippen MR) is 87.4 cm³/mol. The summed E-state index contributed by atoms with van der Waals surface area (Å²) in [6.45, 7) is 5.08. The number of rotatable bonds is 4. The number of thiazole rings is 1. The maximum absolute atomic E-state index is 12.6. The molecule has 0 aliphatic carbocycles. The Morgan fingerprint density at radius 2 is 2.29 bits per heavy atom. The summed E-state index contributed by atoms with van der Waals surface area (Å²) in [5.74, 6) is 0.434. The van der Waals surface area contributed by atoms with Crippen molar-refractivity contribution in [1.29, 1.82) is 0 Å². The maximum atomic E-state index is 12.6. The minimum absolute atomic E-state index is 0.130. The molecule has 1 aliphatic heterocycles. The molecule has 0 radical (unpaired) electrons. The monoisotopic (exact) mass is 302 g/mol. The Balaban J connectivity index is 1.84. The molecule has 2 unspecified atom stereocenters. The largest absolute Gasteiger partial charge is 0.333 e. The highest BCUT2D eigenvalue weighted by atomic mass is 32.1. The first-order chi connectivity index (χ1) is 10.2. The second-order valence-electron chi connectivity index (χ2n) is 5.90. The van der Waals surface area contributed by atoms with Crippen molar-refractivity contribution in [1.82, 2.24) is 9.88 Å². The maximum Gasteiger partial charge on any atom is 0.225 e. The lowest BCUT2D eigenvalue weighted by Crippen LogP contribution is -2.34. The molecular formula is C17H22N2OS. The summed E-state index contributed by atoms with van der Waals surface area (Å²) in [7, 11) is 0. The molecule has 4 heteroatoms. The number of carbonyl (C=O) groups is 1. The van der Waals surface area contributed by atoms with Crippen LogP contribution in [0.4, 0.5) is 0 Å². The quantitative estimate of drug-likeness (QED) is 0.839. The van der Waals surface area contributed by atoms with Gasteiger partial charge in [0.05, 0.1) is 16.3 Å². The van der Waals surface area contributed by atoms with Crippen molar-refractivity contribution in [2.75, 3.05) is 6.54 Å². The third-order valence-electron chi connectivity index (χ3n) is 4.27. The van der Waals surface area contributed by atoms with E-state index in [0.29, 0.717) is 5.91 Å². The Morgan fingerprint density at radius 1 is 1.48 bits per heavy atom. The van der Waals surface area contributed by atoms with E-state index in [1.807, 2.05) is 12.1 Å². The van der Waals surface area contributed by atoms with Gasteiger partial charge in [-0.05, 0) is 31.4 Å². The Hall–Kier alpha value is -1.42. The van der Waals surface area contributed by atoms with Crippen molar-refractivity contribution in [3.8, 4) is 0 Å².